The molecular weight excluding hydrogens is 382 g/mol. The van der Waals surface area contributed by atoms with Crippen LogP contribution in [0.4, 0.5) is 5.69 Å². The Bertz CT molecular complexity index is 705. The summed E-state index contributed by atoms with van der Waals surface area (Å²) in [6.07, 6.45) is 2.10. The van der Waals surface area contributed by atoms with Gasteiger partial charge in [0.1, 0.15) is 11.5 Å². The van der Waals surface area contributed by atoms with Gasteiger partial charge in [0.15, 0.2) is 0 Å². The molecule has 2 N–H and O–H groups in total. The number of carbonyl (C=O) groups excluding carboxylic acids is 2. The predicted molar refractivity (Wildman–Crippen MR) is 110 cm³/mol. The smallest absolute Gasteiger partial charge is 0.228 e. The van der Waals surface area contributed by atoms with E-state index in [1.165, 1.54) is 0 Å². The maximum absolute atomic E-state index is 12.9. The summed E-state index contributed by atoms with van der Waals surface area (Å²) in [6, 6.07) is 5.50. The van der Waals surface area contributed by atoms with Crippen LogP contribution in [-0.4, -0.2) is 56.6 Å². The molecule has 2 amide bonds. The average Bonchev–Trinajstić information content (AvgIpc) is 3.08. The Kier molecular flexibility index (Phi) is 7.55. The highest BCUT2D eigenvalue weighted by molar-refractivity contribution is 6.01. The van der Waals surface area contributed by atoms with Gasteiger partial charge in [0.05, 0.1) is 25.8 Å². The normalized spacial score (nSPS) is 21.3. The van der Waals surface area contributed by atoms with Gasteiger partial charge in [-0.15, -0.1) is 12.4 Å². The van der Waals surface area contributed by atoms with Gasteiger partial charge >= 0.3 is 0 Å². The summed E-state index contributed by atoms with van der Waals surface area (Å²) in [6.45, 7) is 3.86. The Morgan fingerprint density at radius 1 is 1.21 bits per heavy atom. The van der Waals surface area contributed by atoms with Gasteiger partial charge < -0.3 is 25.0 Å². The summed E-state index contributed by atoms with van der Waals surface area (Å²) < 4.78 is 10.6. The lowest BCUT2D eigenvalue weighted by Crippen LogP contribution is -2.45. The number of carbonyl (C=O) groups is 2. The number of likely N-dealkylation sites (tertiary alicyclic amines) is 1. The Labute approximate surface area is 172 Å². The number of rotatable bonds is 5. The number of nitrogens with two attached hydrogens (primary N) is 1. The van der Waals surface area contributed by atoms with E-state index in [1.807, 2.05) is 11.8 Å². The fraction of sp³-hybridized carbons (Fsp3) is 0.600. The largest absolute Gasteiger partial charge is 0.497 e. The van der Waals surface area contributed by atoms with Gasteiger partial charge in [0.25, 0.3) is 0 Å². The first-order valence-electron chi connectivity index (χ1n) is 9.51. The maximum Gasteiger partial charge on any atom is 0.228 e. The molecule has 2 saturated heterocycles. The highest BCUT2D eigenvalue weighted by Gasteiger charge is 2.39. The minimum Gasteiger partial charge on any atom is -0.497 e. The second-order valence-electron chi connectivity index (χ2n) is 7.47. The van der Waals surface area contributed by atoms with Crippen molar-refractivity contribution in [2.24, 2.45) is 17.6 Å². The summed E-state index contributed by atoms with van der Waals surface area (Å²) in [5, 5.41) is 0. The molecule has 2 aliphatic rings. The van der Waals surface area contributed by atoms with Crippen LogP contribution in [0, 0.1) is 11.8 Å². The molecule has 0 aliphatic carbocycles. The fourth-order valence-electron chi connectivity index (χ4n) is 4.02. The molecule has 0 saturated carbocycles. The van der Waals surface area contributed by atoms with Crippen LogP contribution in [0.1, 0.15) is 26.2 Å². The van der Waals surface area contributed by atoms with Crippen molar-refractivity contribution < 1.29 is 19.1 Å². The van der Waals surface area contributed by atoms with Crippen LogP contribution in [-0.2, 0) is 9.59 Å². The van der Waals surface area contributed by atoms with Crippen LogP contribution in [0.2, 0.25) is 0 Å². The molecule has 3 rings (SSSR count). The molecule has 2 unspecified atom stereocenters. The Hall–Kier alpha value is -1.99. The van der Waals surface area contributed by atoms with Crippen molar-refractivity contribution in [2.75, 3.05) is 38.8 Å². The van der Waals surface area contributed by atoms with Gasteiger partial charge in [-0.3, -0.25) is 9.59 Å². The summed E-state index contributed by atoms with van der Waals surface area (Å²) in [4.78, 5) is 29.0. The van der Waals surface area contributed by atoms with Crippen molar-refractivity contribution in [3.05, 3.63) is 18.2 Å². The quantitative estimate of drug-likeness (QED) is 0.801. The number of anilines is 1. The third-order valence-electron chi connectivity index (χ3n) is 5.75. The van der Waals surface area contributed by atoms with Crippen molar-refractivity contribution in [3.8, 4) is 11.5 Å². The highest BCUT2D eigenvalue weighted by Crippen LogP contribution is 2.36. The van der Waals surface area contributed by atoms with Crippen molar-refractivity contribution in [1.29, 1.82) is 0 Å². The van der Waals surface area contributed by atoms with Gasteiger partial charge in [-0.1, -0.05) is 0 Å². The molecule has 0 aromatic heterocycles. The van der Waals surface area contributed by atoms with Gasteiger partial charge in [-0.2, -0.15) is 0 Å². The molecule has 7 nitrogen and oxygen atoms in total. The van der Waals surface area contributed by atoms with Crippen molar-refractivity contribution in [1.82, 2.24) is 4.90 Å². The predicted octanol–water partition coefficient (Wildman–Crippen LogP) is 2.06. The van der Waals surface area contributed by atoms with Crippen LogP contribution in [0.25, 0.3) is 0 Å². The van der Waals surface area contributed by atoms with E-state index >= 15 is 0 Å². The van der Waals surface area contributed by atoms with Gasteiger partial charge in [-0.05, 0) is 37.8 Å². The number of benzene rings is 1. The van der Waals surface area contributed by atoms with Crippen LogP contribution in [0.15, 0.2) is 18.2 Å². The van der Waals surface area contributed by atoms with Gasteiger partial charge in [-0.25, -0.2) is 0 Å². The monoisotopic (exact) mass is 411 g/mol. The molecule has 1 aromatic carbocycles. The SMILES string of the molecule is COc1ccc(N2CC(C(=O)N3CCC(C(C)N)CC3)CC2=O)c(OC)c1.Cl. The number of hydrogen-bond acceptors (Lipinski definition) is 5. The van der Waals surface area contributed by atoms with E-state index in [4.69, 9.17) is 15.2 Å². The van der Waals surface area contributed by atoms with Crippen molar-refractivity contribution >= 4 is 29.9 Å². The number of amides is 2. The third-order valence-corrected chi connectivity index (χ3v) is 5.75. The van der Waals surface area contributed by atoms with Crippen LogP contribution < -0.4 is 20.1 Å². The van der Waals surface area contributed by atoms with Crippen LogP contribution in [0.5, 0.6) is 11.5 Å². The Morgan fingerprint density at radius 3 is 2.46 bits per heavy atom. The molecule has 2 aliphatic heterocycles. The summed E-state index contributed by atoms with van der Waals surface area (Å²) >= 11 is 0. The second kappa shape index (κ2) is 9.47. The number of halogens is 1. The van der Waals surface area contributed by atoms with Crippen LogP contribution in [0.3, 0.4) is 0 Å². The van der Waals surface area contributed by atoms with Crippen LogP contribution >= 0.6 is 12.4 Å². The first-order chi connectivity index (χ1) is 12.9. The first kappa shape index (κ1) is 22.3. The molecule has 2 fully saturated rings. The summed E-state index contributed by atoms with van der Waals surface area (Å²) in [5.74, 6) is 1.40. The molecule has 2 heterocycles. The Morgan fingerprint density at radius 2 is 1.89 bits per heavy atom. The zero-order chi connectivity index (χ0) is 19.6. The van der Waals surface area contributed by atoms with E-state index in [1.54, 1.807) is 37.3 Å². The molecule has 2 atom stereocenters. The van der Waals surface area contributed by atoms with E-state index < -0.39 is 0 Å². The molecule has 1 aromatic rings. The fourth-order valence-corrected chi connectivity index (χ4v) is 4.02. The zero-order valence-corrected chi connectivity index (χ0v) is 17.5. The van der Waals surface area contributed by atoms with E-state index in [0.29, 0.717) is 29.6 Å². The maximum atomic E-state index is 12.9. The number of nitrogens with zero attached hydrogens (tertiary/aromatic N) is 2. The number of hydrogen-bond donors (Lipinski definition) is 1. The second-order valence-corrected chi connectivity index (χ2v) is 7.47. The molecule has 0 spiro atoms. The summed E-state index contributed by atoms with van der Waals surface area (Å²) in [7, 11) is 3.14. The first-order valence-corrected chi connectivity index (χ1v) is 9.51. The highest BCUT2D eigenvalue weighted by atomic mass is 35.5. The van der Waals surface area contributed by atoms with Gasteiger partial charge in [0.2, 0.25) is 11.8 Å². The van der Waals surface area contributed by atoms with Crippen molar-refractivity contribution in [3.63, 3.8) is 0 Å². The third kappa shape index (κ3) is 4.52. The summed E-state index contributed by atoms with van der Waals surface area (Å²) in [5.41, 5.74) is 6.66. The molecule has 0 radical (unpaired) electrons. The number of methoxy groups -OCH3 is 2. The molecular formula is C20H30ClN3O4. The van der Waals surface area contributed by atoms with Gasteiger partial charge in [0, 0.05) is 38.2 Å². The van der Waals surface area contributed by atoms with E-state index in [-0.39, 0.29) is 42.6 Å². The lowest BCUT2D eigenvalue weighted by Gasteiger charge is -2.35. The number of ether oxygens (including phenoxy) is 2. The molecule has 156 valence electrons. The lowest BCUT2D eigenvalue weighted by atomic mass is 9.90. The minimum atomic E-state index is -0.309. The number of piperidine rings is 1. The minimum absolute atomic E-state index is 0. The molecule has 28 heavy (non-hydrogen) atoms. The van der Waals surface area contributed by atoms with Crippen molar-refractivity contribution in [2.45, 2.75) is 32.2 Å². The average molecular weight is 412 g/mol. The standard InChI is InChI=1S/C20H29N3O4.ClH/c1-13(21)14-6-8-22(9-7-14)20(25)15-10-19(24)23(12-15)17-5-4-16(26-2)11-18(17)27-3;/h4-5,11,13-15H,6-10,12,21H2,1-3H3;1H. The Balaban J connectivity index is 0.00000280. The molecule has 0 bridgehead atoms. The zero-order valence-electron chi connectivity index (χ0n) is 16.7. The van der Waals surface area contributed by atoms with E-state index in [9.17, 15) is 9.59 Å². The van der Waals surface area contributed by atoms with E-state index in [2.05, 4.69) is 0 Å². The topological polar surface area (TPSA) is 85.1 Å². The van der Waals surface area contributed by atoms with E-state index in [0.717, 1.165) is 25.9 Å². The lowest BCUT2D eigenvalue weighted by molar-refractivity contribution is -0.137. The molecule has 8 heteroatoms.